The highest BCUT2D eigenvalue weighted by molar-refractivity contribution is 5.98. The van der Waals surface area contributed by atoms with E-state index in [-0.39, 0.29) is 0 Å². The molecule has 2 aromatic rings. The van der Waals surface area contributed by atoms with Gasteiger partial charge in [-0.1, -0.05) is 18.1 Å². The van der Waals surface area contributed by atoms with Gasteiger partial charge in [-0.2, -0.15) is 0 Å². The van der Waals surface area contributed by atoms with E-state index in [9.17, 15) is 0 Å². The molecule has 0 saturated carbocycles. The van der Waals surface area contributed by atoms with Gasteiger partial charge >= 0.3 is 0 Å². The number of nitrogens with one attached hydrogen (secondary N) is 1. The lowest BCUT2D eigenvalue weighted by molar-refractivity contribution is 0.724. The monoisotopic (exact) mass is 251 g/mol. The summed E-state index contributed by atoms with van der Waals surface area (Å²) in [6.45, 7) is 4.20. The molecule has 2 heterocycles. The van der Waals surface area contributed by atoms with E-state index < -0.39 is 0 Å². The molecule has 1 aromatic carbocycles. The Bertz CT molecular complexity index is 614. The summed E-state index contributed by atoms with van der Waals surface area (Å²) in [5.74, 6) is 2.76. The molecule has 1 fully saturated rings. The Morgan fingerprint density at radius 2 is 2.16 bits per heavy atom. The summed E-state index contributed by atoms with van der Waals surface area (Å²) in [6.07, 6.45) is 10.4. The Morgan fingerprint density at radius 3 is 3.05 bits per heavy atom. The summed E-state index contributed by atoms with van der Waals surface area (Å²) >= 11 is 0. The van der Waals surface area contributed by atoms with Gasteiger partial charge in [0.2, 0.25) is 0 Å². The number of anilines is 1. The van der Waals surface area contributed by atoms with Crippen LogP contribution in [0.4, 0.5) is 5.69 Å². The molecule has 1 aliphatic heterocycles. The predicted molar refractivity (Wildman–Crippen MR) is 79.4 cm³/mol. The van der Waals surface area contributed by atoms with E-state index in [1.165, 1.54) is 5.69 Å². The third kappa shape index (κ3) is 2.27. The fourth-order valence-electron chi connectivity index (χ4n) is 2.67. The molecular formula is C16H17N3. The average Bonchev–Trinajstić information content (AvgIpc) is 2.75. The highest BCUT2D eigenvalue weighted by atomic mass is 15.2. The summed E-state index contributed by atoms with van der Waals surface area (Å²) in [5, 5.41) is 5.70. The lowest BCUT2D eigenvalue weighted by Gasteiger charge is -2.24. The number of terminal acetylenes is 1. The van der Waals surface area contributed by atoms with Gasteiger partial charge in [0, 0.05) is 48.5 Å². The molecule has 0 radical (unpaired) electrons. The van der Waals surface area contributed by atoms with Crippen molar-refractivity contribution in [2.45, 2.75) is 6.42 Å². The van der Waals surface area contributed by atoms with Crippen molar-refractivity contribution in [3.63, 3.8) is 0 Å². The van der Waals surface area contributed by atoms with Crippen LogP contribution in [-0.2, 0) is 0 Å². The fraction of sp³-hybridized carbons (Fsp3) is 0.312. The van der Waals surface area contributed by atoms with Gasteiger partial charge in [-0.25, -0.2) is 0 Å². The molecule has 1 aromatic heterocycles. The minimum atomic E-state index is 0.880. The van der Waals surface area contributed by atoms with Crippen molar-refractivity contribution in [3.05, 3.63) is 36.2 Å². The van der Waals surface area contributed by atoms with Gasteiger partial charge in [-0.15, -0.1) is 6.42 Å². The molecule has 0 unspecified atom stereocenters. The van der Waals surface area contributed by atoms with E-state index in [1.54, 1.807) is 6.20 Å². The maximum atomic E-state index is 5.62. The Hall–Kier alpha value is -2.05. The third-order valence-corrected chi connectivity index (χ3v) is 3.60. The molecule has 3 heteroatoms. The van der Waals surface area contributed by atoms with Gasteiger partial charge in [-0.05, 0) is 19.0 Å². The summed E-state index contributed by atoms with van der Waals surface area (Å²) in [6, 6.07) is 6.31. The van der Waals surface area contributed by atoms with E-state index in [0.717, 1.165) is 48.9 Å². The van der Waals surface area contributed by atoms with Crippen LogP contribution < -0.4 is 10.2 Å². The van der Waals surface area contributed by atoms with Gasteiger partial charge < -0.3 is 10.2 Å². The molecule has 0 bridgehead atoms. The van der Waals surface area contributed by atoms with Gasteiger partial charge in [0.25, 0.3) is 0 Å². The second-order valence-electron chi connectivity index (χ2n) is 4.80. The topological polar surface area (TPSA) is 28.2 Å². The zero-order valence-corrected chi connectivity index (χ0v) is 10.9. The minimum absolute atomic E-state index is 0.880. The molecule has 1 saturated heterocycles. The average molecular weight is 251 g/mol. The van der Waals surface area contributed by atoms with E-state index in [4.69, 9.17) is 6.42 Å². The number of nitrogens with zero attached hydrogens (tertiary/aromatic N) is 2. The summed E-state index contributed by atoms with van der Waals surface area (Å²) in [7, 11) is 0. The second-order valence-corrected chi connectivity index (χ2v) is 4.80. The lowest BCUT2D eigenvalue weighted by Crippen LogP contribution is -2.28. The molecule has 96 valence electrons. The number of benzene rings is 1. The van der Waals surface area contributed by atoms with Crippen LogP contribution in [0.2, 0.25) is 0 Å². The van der Waals surface area contributed by atoms with Crippen LogP contribution in [0.1, 0.15) is 12.0 Å². The molecule has 0 atom stereocenters. The summed E-state index contributed by atoms with van der Waals surface area (Å²) in [5.41, 5.74) is 2.11. The number of rotatable bonds is 1. The zero-order valence-electron chi connectivity index (χ0n) is 10.9. The SMILES string of the molecule is C#Cc1cncc2cccc(N3CCCNCC3)c12. The van der Waals surface area contributed by atoms with Crippen molar-refractivity contribution in [1.82, 2.24) is 10.3 Å². The molecule has 0 aliphatic carbocycles. The second kappa shape index (κ2) is 5.29. The Morgan fingerprint density at radius 1 is 1.21 bits per heavy atom. The van der Waals surface area contributed by atoms with Crippen molar-refractivity contribution in [2.24, 2.45) is 0 Å². The van der Waals surface area contributed by atoms with Crippen LogP contribution >= 0.6 is 0 Å². The van der Waals surface area contributed by atoms with Crippen LogP contribution in [0.3, 0.4) is 0 Å². The first-order chi connectivity index (χ1) is 9.40. The maximum Gasteiger partial charge on any atom is 0.0525 e. The zero-order chi connectivity index (χ0) is 13.1. The van der Waals surface area contributed by atoms with Gasteiger partial charge in [0.1, 0.15) is 0 Å². The van der Waals surface area contributed by atoms with E-state index in [1.807, 2.05) is 6.20 Å². The largest absolute Gasteiger partial charge is 0.370 e. The molecule has 0 amide bonds. The number of hydrogen-bond donors (Lipinski definition) is 1. The Labute approximate surface area is 113 Å². The first-order valence-electron chi connectivity index (χ1n) is 6.69. The first kappa shape index (κ1) is 12.0. The van der Waals surface area contributed by atoms with Gasteiger partial charge in [-0.3, -0.25) is 4.98 Å². The number of fused-ring (bicyclic) bond motifs is 1. The number of aromatic nitrogens is 1. The molecule has 3 nitrogen and oxygen atoms in total. The first-order valence-corrected chi connectivity index (χ1v) is 6.69. The molecule has 19 heavy (non-hydrogen) atoms. The Kier molecular flexibility index (Phi) is 3.35. The highest BCUT2D eigenvalue weighted by Crippen LogP contribution is 2.29. The van der Waals surface area contributed by atoms with E-state index in [2.05, 4.69) is 39.3 Å². The third-order valence-electron chi connectivity index (χ3n) is 3.60. The van der Waals surface area contributed by atoms with Crippen molar-refractivity contribution >= 4 is 16.5 Å². The number of pyridine rings is 1. The highest BCUT2D eigenvalue weighted by Gasteiger charge is 2.14. The molecule has 1 N–H and O–H groups in total. The molecular weight excluding hydrogens is 234 g/mol. The molecule has 3 rings (SSSR count). The smallest absolute Gasteiger partial charge is 0.0525 e. The van der Waals surface area contributed by atoms with Crippen molar-refractivity contribution in [2.75, 3.05) is 31.1 Å². The molecule has 0 spiro atoms. The van der Waals surface area contributed by atoms with Gasteiger partial charge in [0.15, 0.2) is 0 Å². The summed E-state index contributed by atoms with van der Waals surface area (Å²) in [4.78, 5) is 6.63. The van der Waals surface area contributed by atoms with Crippen molar-refractivity contribution in [1.29, 1.82) is 0 Å². The van der Waals surface area contributed by atoms with Crippen LogP contribution in [0.5, 0.6) is 0 Å². The normalized spacial score (nSPS) is 16.1. The van der Waals surface area contributed by atoms with Crippen LogP contribution in [-0.4, -0.2) is 31.2 Å². The quantitative estimate of drug-likeness (QED) is 0.786. The predicted octanol–water partition coefficient (Wildman–Crippen LogP) is 2.02. The van der Waals surface area contributed by atoms with Gasteiger partial charge in [0.05, 0.1) is 5.56 Å². The summed E-state index contributed by atoms with van der Waals surface area (Å²) < 4.78 is 0. The Balaban J connectivity index is 2.14. The standard InChI is InChI=1S/C16H17N3/c1-2-13-11-18-12-14-5-3-6-15(16(13)14)19-9-4-7-17-8-10-19/h1,3,5-6,11-12,17H,4,7-10H2. The van der Waals surface area contributed by atoms with E-state index >= 15 is 0 Å². The van der Waals surface area contributed by atoms with E-state index in [0.29, 0.717) is 0 Å². The maximum absolute atomic E-state index is 5.62. The van der Waals surface area contributed by atoms with Crippen LogP contribution in [0.25, 0.3) is 10.8 Å². The van der Waals surface area contributed by atoms with Crippen LogP contribution in [0, 0.1) is 12.3 Å². The van der Waals surface area contributed by atoms with Crippen molar-refractivity contribution in [3.8, 4) is 12.3 Å². The fourth-order valence-corrected chi connectivity index (χ4v) is 2.67. The van der Waals surface area contributed by atoms with Crippen LogP contribution in [0.15, 0.2) is 30.6 Å². The lowest BCUT2D eigenvalue weighted by atomic mass is 10.1. The number of hydrogen-bond acceptors (Lipinski definition) is 3. The van der Waals surface area contributed by atoms with Crippen molar-refractivity contribution < 1.29 is 0 Å². The minimum Gasteiger partial charge on any atom is -0.370 e. The molecule has 1 aliphatic rings.